The van der Waals surface area contributed by atoms with Crippen LogP contribution in [0.25, 0.3) is 0 Å². The van der Waals surface area contributed by atoms with Crippen LogP contribution >= 0.6 is 0 Å². The zero-order valence-electron chi connectivity index (χ0n) is 14.4. The van der Waals surface area contributed by atoms with Crippen molar-refractivity contribution in [3.8, 4) is 0 Å². The van der Waals surface area contributed by atoms with Gasteiger partial charge in [0.15, 0.2) is 29.1 Å². The van der Waals surface area contributed by atoms with Crippen molar-refractivity contribution in [3.05, 3.63) is 34.6 Å². The quantitative estimate of drug-likeness (QED) is 0.268. The van der Waals surface area contributed by atoms with Crippen molar-refractivity contribution in [2.45, 2.75) is 33.6 Å². The van der Waals surface area contributed by atoms with E-state index in [-0.39, 0.29) is 6.42 Å². The van der Waals surface area contributed by atoms with Crippen LogP contribution in [0.4, 0.5) is 22.0 Å². The maximum absolute atomic E-state index is 14.1. The van der Waals surface area contributed by atoms with E-state index in [2.05, 4.69) is 0 Å². The predicted molar refractivity (Wildman–Crippen MR) is 79.4 cm³/mol. The fourth-order valence-electron chi connectivity index (χ4n) is 3.79. The molecule has 148 valence electrons. The molecule has 0 aromatic heterocycles. The summed E-state index contributed by atoms with van der Waals surface area (Å²) in [6.45, 7) is 3.37. The first kappa shape index (κ1) is 20.8. The van der Waals surface area contributed by atoms with E-state index < -0.39 is 75.0 Å². The van der Waals surface area contributed by atoms with Crippen molar-refractivity contribution < 1.29 is 46.5 Å². The molecule has 0 heterocycles. The van der Waals surface area contributed by atoms with Crippen molar-refractivity contribution in [1.29, 1.82) is 0 Å². The lowest BCUT2D eigenvalue weighted by atomic mass is 9.56. The first-order chi connectivity index (χ1) is 12.2. The molecule has 0 amide bonds. The largest absolute Gasteiger partial charge is 0.481 e. The molecule has 0 spiro atoms. The fourth-order valence-corrected chi connectivity index (χ4v) is 3.79. The number of ketones is 1. The standard InChI is InChI=1S/C17H15F5O5/c1-15(2)16(3,13(24)25)4-5-17(15,14(26)27)12(23)6-7(18)9(20)11(22)10(21)8(6)19/h4-5H2,1-3H3,(H,24,25)(H,26,27). The van der Waals surface area contributed by atoms with Crippen LogP contribution in [-0.4, -0.2) is 27.9 Å². The SMILES string of the molecule is CC1(C(=O)O)CCC(C(=O)O)(C(=O)c2c(F)c(F)c(F)c(F)c2F)C1(C)C. The van der Waals surface area contributed by atoms with Gasteiger partial charge in [-0.1, -0.05) is 13.8 Å². The molecular weight excluding hydrogens is 379 g/mol. The van der Waals surface area contributed by atoms with Crippen molar-refractivity contribution in [2.75, 3.05) is 0 Å². The molecule has 0 bridgehead atoms. The molecule has 1 aliphatic rings. The van der Waals surface area contributed by atoms with Gasteiger partial charge in [-0.3, -0.25) is 14.4 Å². The molecule has 1 saturated carbocycles. The highest BCUT2D eigenvalue weighted by atomic mass is 19.2. The van der Waals surface area contributed by atoms with Gasteiger partial charge < -0.3 is 10.2 Å². The molecule has 2 N–H and O–H groups in total. The summed E-state index contributed by atoms with van der Waals surface area (Å²) in [5.74, 6) is -17.4. The van der Waals surface area contributed by atoms with E-state index in [1.165, 1.54) is 0 Å². The van der Waals surface area contributed by atoms with Crippen molar-refractivity contribution in [3.63, 3.8) is 0 Å². The van der Waals surface area contributed by atoms with Crippen molar-refractivity contribution in [2.24, 2.45) is 16.2 Å². The Morgan fingerprint density at radius 2 is 1.15 bits per heavy atom. The van der Waals surface area contributed by atoms with Gasteiger partial charge in [-0.2, -0.15) is 0 Å². The van der Waals surface area contributed by atoms with E-state index in [0.29, 0.717) is 0 Å². The summed E-state index contributed by atoms with van der Waals surface area (Å²) in [7, 11) is 0. The van der Waals surface area contributed by atoms with Gasteiger partial charge in [0.25, 0.3) is 0 Å². The molecule has 1 aromatic carbocycles. The monoisotopic (exact) mass is 394 g/mol. The number of Topliss-reactive ketones (excluding diaryl/α,β-unsaturated/α-hetero) is 1. The van der Waals surface area contributed by atoms with Crippen molar-refractivity contribution in [1.82, 2.24) is 0 Å². The van der Waals surface area contributed by atoms with Crippen LogP contribution in [0.15, 0.2) is 0 Å². The number of hydrogen-bond acceptors (Lipinski definition) is 3. The molecule has 0 radical (unpaired) electrons. The number of carboxylic acids is 2. The number of aliphatic carboxylic acids is 2. The summed E-state index contributed by atoms with van der Waals surface area (Å²) in [5.41, 5.74) is -8.32. The van der Waals surface area contributed by atoms with Crippen LogP contribution in [0.1, 0.15) is 44.0 Å². The first-order valence-corrected chi connectivity index (χ1v) is 7.71. The minimum absolute atomic E-state index is 0.358. The third kappa shape index (κ3) is 2.31. The predicted octanol–water partition coefficient (Wildman–Crippen LogP) is 3.55. The Bertz CT molecular complexity index is 852. The fraction of sp³-hybridized carbons (Fsp3) is 0.471. The number of carbonyl (C=O) groups is 3. The van der Waals surface area contributed by atoms with Crippen LogP contribution in [0.2, 0.25) is 0 Å². The Balaban J connectivity index is 2.84. The van der Waals surface area contributed by atoms with Gasteiger partial charge in [0, 0.05) is 5.41 Å². The molecule has 5 nitrogen and oxygen atoms in total. The summed E-state index contributed by atoms with van der Waals surface area (Å²) >= 11 is 0. The average molecular weight is 394 g/mol. The topological polar surface area (TPSA) is 91.7 Å². The molecule has 2 atom stereocenters. The Morgan fingerprint density at radius 3 is 1.48 bits per heavy atom. The Morgan fingerprint density at radius 1 is 0.741 bits per heavy atom. The number of halogens is 5. The highest BCUT2D eigenvalue weighted by Crippen LogP contribution is 2.64. The van der Waals surface area contributed by atoms with E-state index in [1.807, 2.05) is 0 Å². The molecule has 0 saturated heterocycles. The van der Waals surface area contributed by atoms with Crippen LogP contribution in [0, 0.1) is 45.3 Å². The second-order valence-corrected chi connectivity index (χ2v) is 7.25. The van der Waals surface area contributed by atoms with Gasteiger partial charge in [0.05, 0.1) is 11.0 Å². The van der Waals surface area contributed by atoms with Gasteiger partial charge in [0.1, 0.15) is 5.41 Å². The van der Waals surface area contributed by atoms with Gasteiger partial charge in [0.2, 0.25) is 5.82 Å². The number of hydrogen-bond donors (Lipinski definition) is 2. The van der Waals surface area contributed by atoms with E-state index in [1.54, 1.807) is 0 Å². The smallest absolute Gasteiger partial charge is 0.318 e. The van der Waals surface area contributed by atoms with E-state index in [0.717, 1.165) is 20.8 Å². The minimum Gasteiger partial charge on any atom is -0.481 e. The van der Waals surface area contributed by atoms with Gasteiger partial charge in [-0.25, -0.2) is 22.0 Å². The minimum atomic E-state index is -2.71. The van der Waals surface area contributed by atoms with E-state index in [4.69, 9.17) is 0 Å². The van der Waals surface area contributed by atoms with Crippen LogP contribution in [-0.2, 0) is 9.59 Å². The maximum atomic E-state index is 14.1. The molecule has 1 aromatic rings. The molecule has 1 aliphatic carbocycles. The second kappa shape index (κ2) is 6.00. The molecule has 1 fully saturated rings. The third-order valence-electron chi connectivity index (χ3n) is 6.11. The lowest BCUT2D eigenvalue weighted by Gasteiger charge is -2.43. The lowest BCUT2D eigenvalue weighted by Crippen LogP contribution is -2.54. The van der Waals surface area contributed by atoms with Crippen LogP contribution in [0.3, 0.4) is 0 Å². The summed E-state index contributed by atoms with van der Waals surface area (Å²) in [6, 6.07) is 0. The lowest BCUT2D eigenvalue weighted by molar-refractivity contribution is -0.162. The van der Waals surface area contributed by atoms with Gasteiger partial charge >= 0.3 is 11.9 Å². The van der Waals surface area contributed by atoms with E-state index >= 15 is 0 Å². The average Bonchev–Trinajstić information content (AvgIpc) is 2.79. The third-order valence-corrected chi connectivity index (χ3v) is 6.11. The Labute approximate surface area is 149 Å². The molecule has 27 heavy (non-hydrogen) atoms. The number of rotatable bonds is 4. The molecule has 2 unspecified atom stereocenters. The Hall–Kier alpha value is -2.52. The summed E-state index contributed by atoms with van der Waals surface area (Å²) in [6.07, 6.45) is -1.01. The summed E-state index contributed by atoms with van der Waals surface area (Å²) in [5, 5.41) is 19.2. The second-order valence-electron chi connectivity index (χ2n) is 7.25. The highest BCUT2D eigenvalue weighted by Gasteiger charge is 2.71. The molecule has 2 rings (SSSR count). The number of benzene rings is 1. The van der Waals surface area contributed by atoms with E-state index in [9.17, 15) is 46.5 Å². The van der Waals surface area contributed by atoms with Gasteiger partial charge in [-0.15, -0.1) is 0 Å². The molecule has 10 heteroatoms. The summed E-state index contributed by atoms with van der Waals surface area (Å²) < 4.78 is 68.4. The normalized spacial score (nSPS) is 26.8. The highest BCUT2D eigenvalue weighted by molar-refractivity contribution is 6.14. The molecular formula is C17H15F5O5. The first-order valence-electron chi connectivity index (χ1n) is 7.71. The summed E-state index contributed by atoms with van der Waals surface area (Å²) in [4.78, 5) is 36.6. The maximum Gasteiger partial charge on any atom is 0.318 e. The zero-order chi connectivity index (χ0) is 21.1. The molecule has 0 aliphatic heterocycles. The van der Waals surface area contributed by atoms with Crippen LogP contribution in [0.5, 0.6) is 0 Å². The van der Waals surface area contributed by atoms with Crippen molar-refractivity contribution >= 4 is 17.7 Å². The number of carboxylic acid groups (broad SMARTS) is 2. The number of carbonyl (C=O) groups excluding carboxylic acids is 1. The zero-order valence-corrected chi connectivity index (χ0v) is 14.4. The van der Waals surface area contributed by atoms with Gasteiger partial charge in [-0.05, 0) is 19.8 Å². The van der Waals surface area contributed by atoms with Crippen LogP contribution < -0.4 is 0 Å². The Kier molecular flexibility index (Phi) is 4.62.